The highest BCUT2D eigenvalue weighted by atomic mass is 16.4. The number of carboxylic acid groups (broad SMARTS) is 1. The van der Waals surface area contributed by atoms with Crippen LogP contribution in [-0.4, -0.2) is 52.3 Å². The number of aliphatic carboxylic acids is 1. The number of nitrogens with zero attached hydrogens (tertiary/aromatic N) is 1. The van der Waals surface area contributed by atoms with Crippen molar-refractivity contribution in [2.45, 2.75) is 47.6 Å². The van der Waals surface area contributed by atoms with Crippen molar-refractivity contribution in [1.29, 1.82) is 0 Å². The molecule has 0 aromatic heterocycles. The van der Waals surface area contributed by atoms with Crippen molar-refractivity contribution < 1.29 is 20.5 Å². The van der Waals surface area contributed by atoms with Gasteiger partial charge in [0.25, 0.3) is 5.97 Å². The standard InChI is InChI=1S/C6H15N.C3H8O.C2H4O2.H2O/c1-4-7(5-2)6-3;1-3(2)4;1-2(3)4;/h4-6H2,1-3H3;3-4H,1-2H3;1H3,(H,3,4);1H2. The predicted octanol–water partition coefficient (Wildman–Crippen LogP) is 1.00. The average Bonchev–Trinajstić information content (AvgIpc) is 2.05. The number of hydrogen-bond donors (Lipinski definition) is 2. The van der Waals surface area contributed by atoms with Crippen molar-refractivity contribution in [2.24, 2.45) is 0 Å². The van der Waals surface area contributed by atoms with E-state index in [0.29, 0.717) is 0 Å². The molecule has 0 radical (unpaired) electrons. The Balaban J connectivity index is -0.0000000700. The van der Waals surface area contributed by atoms with Crippen molar-refractivity contribution >= 4 is 5.97 Å². The zero-order valence-corrected chi connectivity index (χ0v) is 11.4. The van der Waals surface area contributed by atoms with Crippen molar-refractivity contribution in [3.63, 3.8) is 0 Å². The first-order valence-corrected chi connectivity index (χ1v) is 5.41. The average molecular weight is 239 g/mol. The van der Waals surface area contributed by atoms with E-state index in [4.69, 9.17) is 15.0 Å². The van der Waals surface area contributed by atoms with Gasteiger partial charge in [-0.1, -0.05) is 20.8 Å². The van der Waals surface area contributed by atoms with Gasteiger partial charge in [-0.2, -0.15) is 0 Å². The van der Waals surface area contributed by atoms with Gasteiger partial charge in [-0.25, -0.2) is 0 Å². The molecule has 0 aromatic carbocycles. The molecule has 5 nitrogen and oxygen atoms in total. The molecule has 4 N–H and O–H groups in total. The van der Waals surface area contributed by atoms with E-state index in [1.165, 1.54) is 19.6 Å². The maximum absolute atomic E-state index is 9.00. The third-order valence-electron chi connectivity index (χ3n) is 1.34. The van der Waals surface area contributed by atoms with Crippen molar-refractivity contribution in [2.75, 3.05) is 19.6 Å². The Morgan fingerprint density at radius 3 is 1.25 bits per heavy atom. The summed E-state index contributed by atoms with van der Waals surface area (Å²) in [6.07, 6.45) is -0.167. The molecular weight excluding hydrogens is 210 g/mol. The van der Waals surface area contributed by atoms with Crippen LogP contribution in [0.15, 0.2) is 0 Å². The molecule has 0 spiro atoms. The second kappa shape index (κ2) is 19.9. The van der Waals surface area contributed by atoms with Gasteiger partial charge in [0.2, 0.25) is 0 Å². The van der Waals surface area contributed by atoms with E-state index in [0.717, 1.165) is 6.92 Å². The molecule has 0 amide bonds. The maximum atomic E-state index is 9.00. The lowest BCUT2D eigenvalue weighted by atomic mass is 10.5. The number of aliphatic hydroxyl groups excluding tert-OH is 1. The number of aliphatic hydroxyl groups is 1. The fraction of sp³-hybridized carbons (Fsp3) is 0.909. The summed E-state index contributed by atoms with van der Waals surface area (Å²) in [6.45, 7) is 14.7. The van der Waals surface area contributed by atoms with Gasteiger partial charge in [0.05, 0.1) is 0 Å². The van der Waals surface area contributed by atoms with Gasteiger partial charge >= 0.3 is 0 Å². The van der Waals surface area contributed by atoms with Gasteiger partial charge in [0.15, 0.2) is 0 Å². The van der Waals surface area contributed by atoms with Gasteiger partial charge in [-0.15, -0.1) is 0 Å². The van der Waals surface area contributed by atoms with E-state index in [-0.39, 0.29) is 11.6 Å². The van der Waals surface area contributed by atoms with E-state index >= 15 is 0 Å². The third kappa shape index (κ3) is 71.1. The van der Waals surface area contributed by atoms with Gasteiger partial charge in [-0.05, 0) is 33.5 Å². The summed E-state index contributed by atoms with van der Waals surface area (Å²) >= 11 is 0. The highest BCUT2D eigenvalue weighted by molar-refractivity contribution is 5.62. The highest BCUT2D eigenvalue weighted by Gasteiger charge is 1.89. The van der Waals surface area contributed by atoms with Crippen molar-refractivity contribution in [1.82, 2.24) is 4.90 Å². The normalized spacial score (nSPS) is 8.31. The van der Waals surface area contributed by atoms with Crippen LogP contribution in [0.2, 0.25) is 0 Å². The third-order valence-corrected chi connectivity index (χ3v) is 1.34. The Labute approximate surface area is 99.4 Å². The lowest BCUT2D eigenvalue weighted by Gasteiger charge is -2.13. The van der Waals surface area contributed by atoms with Crippen LogP contribution < -0.4 is 0 Å². The Kier molecular flexibility index (Phi) is 30.4. The molecule has 0 aliphatic heterocycles. The fourth-order valence-electron chi connectivity index (χ4n) is 0.671. The molecule has 5 heteroatoms. The predicted molar refractivity (Wildman–Crippen MR) is 67.7 cm³/mol. The van der Waals surface area contributed by atoms with Crippen LogP contribution in [0.3, 0.4) is 0 Å². The summed E-state index contributed by atoms with van der Waals surface area (Å²) in [5, 5.41) is 15.5. The van der Waals surface area contributed by atoms with E-state index in [1.807, 2.05) is 0 Å². The van der Waals surface area contributed by atoms with Gasteiger partial charge in [0, 0.05) is 13.0 Å². The molecule has 0 atom stereocenters. The maximum Gasteiger partial charge on any atom is 0.300 e. The minimum atomic E-state index is -0.833. The quantitative estimate of drug-likeness (QED) is 0.768. The number of hydrogen-bond acceptors (Lipinski definition) is 3. The molecule has 0 fully saturated rings. The molecular formula is C11H29NO4. The van der Waals surface area contributed by atoms with E-state index in [1.54, 1.807) is 13.8 Å². The molecule has 0 unspecified atom stereocenters. The molecule has 0 aliphatic carbocycles. The van der Waals surface area contributed by atoms with Gasteiger partial charge < -0.3 is 20.6 Å². The van der Waals surface area contributed by atoms with Crippen LogP contribution in [0.4, 0.5) is 0 Å². The van der Waals surface area contributed by atoms with Gasteiger partial charge in [0.1, 0.15) is 0 Å². The zero-order chi connectivity index (χ0) is 12.9. The topological polar surface area (TPSA) is 92.3 Å². The van der Waals surface area contributed by atoms with E-state index < -0.39 is 5.97 Å². The highest BCUT2D eigenvalue weighted by Crippen LogP contribution is 1.81. The van der Waals surface area contributed by atoms with Crippen LogP contribution in [0.25, 0.3) is 0 Å². The molecule has 0 bridgehead atoms. The largest absolute Gasteiger partial charge is 0.481 e. The molecule has 0 heterocycles. The molecule has 0 aliphatic rings. The Hall–Kier alpha value is -0.650. The molecule has 0 rings (SSSR count). The number of carbonyl (C=O) groups is 1. The second-order valence-electron chi connectivity index (χ2n) is 3.23. The van der Waals surface area contributed by atoms with Crippen LogP contribution in [0, 0.1) is 0 Å². The number of rotatable bonds is 3. The summed E-state index contributed by atoms with van der Waals surface area (Å²) in [6, 6.07) is 0. The molecule has 102 valence electrons. The summed E-state index contributed by atoms with van der Waals surface area (Å²) in [5.41, 5.74) is 0. The Morgan fingerprint density at radius 2 is 1.25 bits per heavy atom. The minimum absolute atomic E-state index is 0. The van der Waals surface area contributed by atoms with Crippen molar-refractivity contribution in [3.05, 3.63) is 0 Å². The zero-order valence-electron chi connectivity index (χ0n) is 11.4. The smallest absolute Gasteiger partial charge is 0.300 e. The summed E-state index contributed by atoms with van der Waals surface area (Å²) in [4.78, 5) is 11.4. The van der Waals surface area contributed by atoms with Crippen LogP contribution >= 0.6 is 0 Å². The molecule has 0 aromatic rings. The molecule has 0 saturated heterocycles. The Bertz CT molecular complexity index is 113. The first-order valence-electron chi connectivity index (χ1n) is 5.41. The minimum Gasteiger partial charge on any atom is -0.481 e. The summed E-state index contributed by atoms with van der Waals surface area (Å²) in [7, 11) is 0. The second-order valence-corrected chi connectivity index (χ2v) is 3.23. The summed E-state index contributed by atoms with van der Waals surface area (Å²) < 4.78 is 0. The first-order chi connectivity index (χ1) is 6.81. The monoisotopic (exact) mass is 239 g/mol. The SMILES string of the molecule is CC(=O)O.CC(C)O.CCN(CC)CC.O. The fourth-order valence-corrected chi connectivity index (χ4v) is 0.671. The van der Waals surface area contributed by atoms with Crippen LogP contribution in [-0.2, 0) is 4.79 Å². The number of carboxylic acids is 1. The van der Waals surface area contributed by atoms with E-state index in [9.17, 15) is 0 Å². The van der Waals surface area contributed by atoms with Crippen LogP contribution in [0.5, 0.6) is 0 Å². The van der Waals surface area contributed by atoms with Crippen molar-refractivity contribution in [3.8, 4) is 0 Å². The van der Waals surface area contributed by atoms with Crippen LogP contribution in [0.1, 0.15) is 41.5 Å². The van der Waals surface area contributed by atoms with Gasteiger partial charge in [-0.3, -0.25) is 4.79 Å². The summed E-state index contributed by atoms with van der Waals surface area (Å²) in [5.74, 6) is -0.833. The molecule has 16 heavy (non-hydrogen) atoms. The lowest BCUT2D eigenvalue weighted by molar-refractivity contribution is -0.134. The molecule has 0 saturated carbocycles. The van der Waals surface area contributed by atoms with E-state index in [2.05, 4.69) is 25.7 Å². The first kappa shape index (κ1) is 24.5. The Morgan fingerprint density at radius 1 is 1.12 bits per heavy atom. The lowest BCUT2D eigenvalue weighted by Crippen LogP contribution is -2.21.